The van der Waals surface area contributed by atoms with Crippen molar-refractivity contribution >= 4 is 5.69 Å². The molecule has 82 valence electrons. The summed E-state index contributed by atoms with van der Waals surface area (Å²) in [4.78, 5) is 4.08. The minimum absolute atomic E-state index is 0.546. The lowest BCUT2D eigenvalue weighted by atomic mass is 10.1. The van der Waals surface area contributed by atoms with Crippen LogP contribution in [0.5, 0.6) is 0 Å². The standard InChI is InChI=1S/C12H14N4/c1-2-4-12(16-6-5-13-9-16)11(3-1)15-10-7-14-8-10/h1-6,9-10,14-15H,7-8H2. The van der Waals surface area contributed by atoms with Gasteiger partial charge < -0.3 is 15.2 Å². The predicted molar refractivity (Wildman–Crippen MR) is 63.8 cm³/mol. The summed E-state index contributed by atoms with van der Waals surface area (Å²) in [6.07, 6.45) is 5.57. The Morgan fingerprint density at radius 2 is 2.19 bits per heavy atom. The number of para-hydroxylation sites is 2. The lowest BCUT2D eigenvalue weighted by Crippen LogP contribution is -2.51. The average molecular weight is 214 g/mol. The van der Waals surface area contributed by atoms with Crippen LogP contribution < -0.4 is 10.6 Å². The van der Waals surface area contributed by atoms with E-state index in [1.807, 2.05) is 23.2 Å². The Balaban J connectivity index is 1.91. The first kappa shape index (κ1) is 9.42. The van der Waals surface area contributed by atoms with Gasteiger partial charge in [0.05, 0.1) is 23.7 Å². The van der Waals surface area contributed by atoms with Crippen molar-refractivity contribution in [2.75, 3.05) is 18.4 Å². The third-order valence-corrected chi connectivity index (χ3v) is 2.83. The highest BCUT2D eigenvalue weighted by molar-refractivity contribution is 5.61. The van der Waals surface area contributed by atoms with Crippen molar-refractivity contribution < 1.29 is 0 Å². The van der Waals surface area contributed by atoms with Gasteiger partial charge in [-0.25, -0.2) is 4.98 Å². The number of aromatic nitrogens is 2. The van der Waals surface area contributed by atoms with Gasteiger partial charge in [-0.2, -0.15) is 0 Å². The van der Waals surface area contributed by atoms with E-state index in [-0.39, 0.29) is 0 Å². The van der Waals surface area contributed by atoms with Crippen LogP contribution in [-0.4, -0.2) is 28.7 Å². The van der Waals surface area contributed by atoms with Crippen molar-refractivity contribution in [3.05, 3.63) is 43.0 Å². The molecule has 2 N–H and O–H groups in total. The summed E-state index contributed by atoms with van der Waals surface area (Å²) in [7, 11) is 0. The molecule has 16 heavy (non-hydrogen) atoms. The Morgan fingerprint density at radius 3 is 2.88 bits per heavy atom. The van der Waals surface area contributed by atoms with Crippen LogP contribution in [0.3, 0.4) is 0 Å². The van der Waals surface area contributed by atoms with E-state index in [1.54, 1.807) is 6.20 Å². The molecular formula is C12H14N4. The molecule has 0 aliphatic carbocycles. The quantitative estimate of drug-likeness (QED) is 0.808. The molecule has 2 heterocycles. The largest absolute Gasteiger partial charge is 0.378 e. The number of benzene rings is 1. The molecule has 0 spiro atoms. The first-order valence-electron chi connectivity index (χ1n) is 5.48. The highest BCUT2D eigenvalue weighted by Crippen LogP contribution is 2.20. The van der Waals surface area contributed by atoms with Gasteiger partial charge in [0.15, 0.2) is 0 Å². The van der Waals surface area contributed by atoms with Crippen molar-refractivity contribution in [1.82, 2.24) is 14.9 Å². The minimum atomic E-state index is 0.546. The van der Waals surface area contributed by atoms with Gasteiger partial charge in [0, 0.05) is 25.5 Å². The topological polar surface area (TPSA) is 41.9 Å². The number of imidazole rings is 1. The maximum atomic E-state index is 4.08. The second-order valence-electron chi connectivity index (χ2n) is 3.99. The first-order valence-corrected chi connectivity index (χ1v) is 5.48. The molecule has 0 unspecified atom stereocenters. The Morgan fingerprint density at radius 1 is 1.31 bits per heavy atom. The van der Waals surface area contributed by atoms with E-state index in [2.05, 4.69) is 33.8 Å². The van der Waals surface area contributed by atoms with Crippen LogP contribution in [0.25, 0.3) is 5.69 Å². The van der Waals surface area contributed by atoms with Crippen molar-refractivity contribution in [2.45, 2.75) is 6.04 Å². The maximum Gasteiger partial charge on any atom is 0.0992 e. The van der Waals surface area contributed by atoms with Gasteiger partial charge >= 0.3 is 0 Å². The lowest BCUT2D eigenvalue weighted by molar-refractivity contribution is 0.472. The van der Waals surface area contributed by atoms with Gasteiger partial charge in [0.2, 0.25) is 0 Å². The van der Waals surface area contributed by atoms with E-state index >= 15 is 0 Å². The second kappa shape index (κ2) is 3.98. The summed E-state index contributed by atoms with van der Waals surface area (Å²) in [6, 6.07) is 8.84. The van der Waals surface area contributed by atoms with Gasteiger partial charge in [-0.1, -0.05) is 12.1 Å². The van der Waals surface area contributed by atoms with Crippen LogP contribution in [0.1, 0.15) is 0 Å². The number of rotatable bonds is 3. The predicted octanol–water partition coefficient (Wildman–Crippen LogP) is 1.26. The van der Waals surface area contributed by atoms with Gasteiger partial charge in [0.25, 0.3) is 0 Å². The summed E-state index contributed by atoms with van der Waals surface area (Å²) >= 11 is 0. The smallest absolute Gasteiger partial charge is 0.0992 e. The van der Waals surface area contributed by atoms with Gasteiger partial charge in [-0.05, 0) is 12.1 Å². The molecule has 0 bridgehead atoms. The zero-order valence-electron chi connectivity index (χ0n) is 8.93. The van der Waals surface area contributed by atoms with Gasteiger partial charge in [-0.3, -0.25) is 0 Å². The van der Waals surface area contributed by atoms with Crippen molar-refractivity contribution in [3.8, 4) is 5.69 Å². The molecule has 1 saturated heterocycles. The summed E-state index contributed by atoms with van der Waals surface area (Å²) in [5, 5.41) is 6.78. The molecule has 1 aromatic heterocycles. The molecule has 3 rings (SSSR count). The fourth-order valence-corrected chi connectivity index (χ4v) is 1.83. The Hall–Kier alpha value is -1.81. The van der Waals surface area contributed by atoms with E-state index in [0.717, 1.165) is 24.5 Å². The van der Waals surface area contributed by atoms with Crippen molar-refractivity contribution in [2.24, 2.45) is 0 Å². The molecule has 1 aromatic carbocycles. The van der Waals surface area contributed by atoms with E-state index < -0.39 is 0 Å². The van der Waals surface area contributed by atoms with E-state index in [9.17, 15) is 0 Å². The second-order valence-corrected chi connectivity index (χ2v) is 3.99. The monoisotopic (exact) mass is 214 g/mol. The molecule has 0 saturated carbocycles. The fourth-order valence-electron chi connectivity index (χ4n) is 1.83. The van der Waals surface area contributed by atoms with Crippen LogP contribution >= 0.6 is 0 Å². The van der Waals surface area contributed by atoms with Crippen LogP contribution in [0, 0.1) is 0 Å². The van der Waals surface area contributed by atoms with E-state index in [4.69, 9.17) is 0 Å². The number of hydrogen-bond acceptors (Lipinski definition) is 3. The molecule has 1 aliphatic rings. The normalized spacial score (nSPS) is 15.8. The summed E-state index contributed by atoms with van der Waals surface area (Å²) in [5.41, 5.74) is 2.30. The molecule has 1 aliphatic heterocycles. The van der Waals surface area contributed by atoms with Gasteiger partial charge in [-0.15, -0.1) is 0 Å². The third kappa shape index (κ3) is 1.67. The molecule has 0 amide bonds. The SMILES string of the molecule is c1ccc(-n2ccnc2)c(NC2CNC2)c1. The third-order valence-electron chi connectivity index (χ3n) is 2.83. The molecule has 4 nitrogen and oxygen atoms in total. The first-order chi connectivity index (χ1) is 7.93. The average Bonchev–Trinajstić information content (AvgIpc) is 2.77. The van der Waals surface area contributed by atoms with Crippen molar-refractivity contribution in [3.63, 3.8) is 0 Å². The van der Waals surface area contributed by atoms with E-state index in [0.29, 0.717) is 6.04 Å². The molecular weight excluding hydrogens is 200 g/mol. The van der Waals surface area contributed by atoms with Crippen LogP contribution in [0.2, 0.25) is 0 Å². The maximum absolute atomic E-state index is 4.08. The summed E-state index contributed by atoms with van der Waals surface area (Å²) < 4.78 is 2.02. The van der Waals surface area contributed by atoms with E-state index in [1.165, 1.54) is 0 Å². The molecule has 0 atom stereocenters. The number of nitrogens with one attached hydrogen (secondary N) is 2. The number of anilines is 1. The Labute approximate surface area is 94.3 Å². The number of hydrogen-bond donors (Lipinski definition) is 2. The van der Waals surface area contributed by atoms with Crippen LogP contribution in [0.15, 0.2) is 43.0 Å². The number of nitrogens with zero attached hydrogens (tertiary/aromatic N) is 2. The minimum Gasteiger partial charge on any atom is -0.378 e. The molecule has 1 fully saturated rings. The highest BCUT2D eigenvalue weighted by Gasteiger charge is 2.17. The molecule has 0 radical (unpaired) electrons. The fraction of sp³-hybridized carbons (Fsp3) is 0.250. The van der Waals surface area contributed by atoms with Gasteiger partial charge in [0.1, 0.15) is 0 Å². The summed E-state index contributed by atoms with van der Waals surface area (Å²) in [6.45, 7) is 2.08. The Kier molecular flexibility index (Phi) is 2.34. The Bertz CT molecular complexity index is 460. The summed E-state index contributed by atoms with van der Waals surface area (Å²) in [5.74, 6) is 0. The molecule has 2 aromatic rings. The zero-order chi connectivity index (χ0) is 10.8. The van der Waals surface area contributed by atoms with Crippen LogP contribution in [0.4, 0.5) is 5.69 Å². The lowest BCUT2D eigenvalue weighted by Gasteiger charge is -2.29. The zero-order valence-corrected chi connectivity index (χ0v) is 8.93. The molecule has 4 heteroatoms. The van der Waals surface area contributed by atoms with Crippen LogP contribution in [-0.2, 0) is 0 Å². The van der Waals surface area contributed by atoms with Crippen molar-refractivity contribution in [1.29, 1.82) is 0 Å². The highest BCUT2D eigenvalue weighted by atomic mass is 15.1.